The van der Waals surface area contributed by atoms with Crippen LogP contribution >= 0.6 is 22.6 Å². The van der Waals surface area contributed by atoms with Crippen LogP contribution in [0, 0.1) is 9.49 Å². The number of amides is 2. The molecule has 37 heavy (non-hydrogen) atoms. The van der Waals surface area contributed by atoms with E-state index in [9.17, 15) is 19.5 Å². The first kappa shape index (κ1) is 28.7. The maximum atomic E-state index is 13.3. The molecule has 11 heteroatoms. The molecule has 1 aliphatic rings. The number of hydrogen-bond acceptors (Lipinski definition) is 8. The molecule has 0 saturated heterocycles. The minimum atomic E-state index is -1.20. The van der Waals surface area contributed by atoms with Gasteiger partial charge in [0.1, 0.15) is 18.5 Å². The summed E-state index contributed by atoms with van der Waals surface area (Å²) in [7, 11) is 1.44. The van der Waals surface area contributed by atoms with Crippen LogP contribution in [0.5, 0.6) is 11.5 Å². The Kier molecular flexibility index (Phi) is 10.1. The average Bonchev–Trinajstić information content (AvgIpc) is 3.40. The summed E-state index contributed by atoms with van der Waals surface area (Å²) in [6.45, 7) is 3.52. The number of nitrogens with one attached hydrogen (secondary N) is 1. The minimum absolute atomic E-state index is 0.0530. The maximum absolute atomic E-state index is 13.3. The van der Waals surface area contributed by atoms with Crippen molar-refractivity contribution in [1.29, 1.82) is 0 Å². The molecule has 0 bridgehead atoms. The fourth-order valence-corrected chi connectivity index (χ4v) is 4.86. The van der Waals surface area contributed by atoms with E-state index in [2.05, 4.69) is 5.32 Å². The Morgan fingerprint density at radius 3 is 2.70 bits per heavy atom. The largest absolute Gasteiger partial charge is 0.493 e. The molecule has 1 aromatic heterocycles. The number of aldehydes is 1. The average molecular weight is 626 g/mol. The van der Waals surface area contributed by atoms with E-state index >= 15 is 0 Å². The van der Waals surface area contributed by atoms with Gasteiger partial charge in [-0.05, 0) is 46.9 Å². The number of aliphatic hydroxyl groups is 2. The first-order chi connectivity index (χ1) is 17.7. The molecule has 0 fully saturated rings. The third-order valence-corrected chi connectivity index (χ3v) is 6.77. The smallest absolute Gasteiger partial charge is 0.247 e. The second-order valence-corrected chi connectivity index (χ2v) is 10.1. The van der Waals surface area contributed by atoms with Crippen molar-refractivity contribution in [2.75, 3.05) is 20.3 Å². The number of halogens is 1. The third-order valence-electron chi connectivity index (χ3n) is 5.97. The van der Waals surface area contributed by atoms with Crippen LogP contribution in [-0.4, -0.2) is 71.7 Å². The van der Waals surface area contributed by atoms with Crippen molar-refractivity contribution in [3.05, 3.63) is 57.1 Å². The van der Waals surface area contributed by atoms with E-state index in [4.69, 9.17) is 19.0 Å². The van der Waals surface area contributed by atoms with E-state index in [-0.39, 0.29) is 43.7 Å². The molecule has 3 atom stereocenters. The van der Waals surface area contributed by atoms with E-state index in [0.29, 0.717) is 26.7 Å². The highest BCUT2D eigenvalue weighted by atomic mass is 127. The van der Waals surface area contributed by atoms with Crippen LogP contribution in [-0.2, 0) is 16.1 Å². The van der Waals surface area contributed by atoms with Crippen molar-refractivity contribution >= 4 is 40.7 Å². The number of benzene rings is 1. The van der Waals surface area contributed by atoms with Crippen molar-refractivity contribution in [3.8, 4) is 11.5 Å². The Bertz CT molecular complexity index is 1130. The van der Waals surface area contributed by atoms with Crippen molar-refractivity contribution in [2.24, 2.45) is 5.92 Å². The van der Waals surface area contributed by atoms with Crippen LogP contribution in [0.2, 0.25) is 0 Å². The second-order valence-electron chi connectivity index (χ2n) is 8.92. The minimum Gasteiger partial charge on any atom is -0.493 e. The zero-order chi connectivity index (χ0) is 27.1. The first-order valence-electron chi connectivity index (χ1n) is 11.8. The number of furan rings is 1. The van der Waals surface area contributed by atoms with Crippen molar-refractivity contribution in [1.82, 2.24) is 10.2 Å². The molecule has 0 saturated carbocycles. The summed E-state index contributed by atoms with van der Waals surface area (Å²) in [6.07, 6.45) is 3.09. The van der Waals surface area contributed by atoms with Crippen LogP contribution in [0.25, 0.3) is 0 Å². The van der Waals surface area contributed by atoms with Crippen LogP contribution in [0.4, 0.5) is 0 Å². The predicted octanol–water partition coefficient (Wildman–Crippen LogP) is 2.31. The number of hydrogen-bond donors (Lipinski definition) is 3. The van der Waals surface area contributed by atoms with E-state index in [0.717, 1.165) is 5.56 Å². The monoisotopic (exact) mass is 626 g/mol. The van der Waals surface area contributed by atoms with Gasteiger partial charge < -0.3 is 34.3 Å². The summed E-state index contributed by atoms with van der Waals surface area (Å²) in [5, 5.41) is 23.3. The Morgan fingerprint density at radius 1 is 1.35 bits per heavy atom. The van der Waals surface area contributed by atoms with Crippen LogP contribution < -0.4 is 14.8 Å². The van der Waals surface area contributed by atoms with Gasteiger partial charge in [-0.15, -0.1) is 0 Å². The summed E-state index contributed by atoms with van der Waals surface area (Å²) in [5.74, 6) is -0.424. The van der Waals surface area contributed by atoms with Crippen LogP contribution in [0.1, 0.15) is 36.2 Å². The van der Waals surface area contributed by atoms with E-state index < -0.39 is 24.2 Å². The topological polar surface area (TPSA) is 139 Å². The number of rotatable bonds is 11. The number of carbonyl (C=O) groups excluding carboxylic acids is 3. The van der Waals surface area contributed by atoms with Crippen LogP contribution in [0.3, 0.4) is 0 Å². The lowest BCUT2D eigenvalue weighted by molar-refractivity contribution is -0.142. The van der Waals surface area contributed by atoms with Gasteiger partial charge in [0.15, 0.2) is 11.5 Å². The highest BCUT2D eigenvalue weighted by molar-refractivity contribution is 14.1. The fourth-order valence-electron chi connectivity index (χ4n) is 4.11. The molecule has 0 spiro atoms. The Balaban J connectivity index is 2.03. The molecule has 200 valence electrons. The number of ether oxygens (including phenoxy) is 2. The molecule has 1 aromatic carbocycles. The van der Waals surface area contributed by atoms with Gasteiger partial charge in [-0.1, -0.05) is 13.8 Å². The Hall–Kier alpha value is -2.90. The standard InChI is InChI=1S/C26H31IN2O8/c1-15(2)26(34)29(12-16-4-7-36-14-16)20-10-18(25(33)28-5-6-30)11-21(23(20)32)37-24-19(27)8-17(13-31)9-22(24)35-3/h4,7-9,11,13-15,20-21,23,30,32H,5-6,10,12H2,1-3H3,(H,28,33)/t20-,21+,23+/m1/s1. The van der Waals surface area contributed by atoms with Gasteiger partial charge in [0.2, 0.25) is 11.8 Å². The van der Waals surface area contributed by atoms with Gasteiger partial charge in [0.25, 0.3) is 0 Å². The first-order valence-corrected chi connectivity index (χ1v) is 12.9. The van der Waals surface area contributed by atoms with E-state index in [1.165, 1.54) is 31.8 Å². The zero-order valence-corrected chi connectivity index (χ0v) is 23.0. The lowest BCUT2D eigenvalue weighted by Crippen LogP contribution is -2.55. The Morgan fingerprint density at radius 2 is 2.11 bits per heavy atom. The predicted molar refractivity (Wildman–Crippen MR) is 142 cm³/mol. The summed E-state index contributed by atoms with van der Waals surface area (Å²) in [5.41, 5.74) is 1.44. The third kappa shape index (κ3) is 6.90. The zero-order valence-electron chi connectivity index (χ0n) is 20.8. The van der Waals surface area contributed by atoms with Crippen molar-refractivity contribution in [2.45, 2.75) is 45.1 Å². The number of aliphatic hydroxyl groups excluding tert-OH is 2. The molecule has 3 N–H and O–H groups in total. The molecule has 0 unspecified atom stereocenters. The summed E-state index contributed by atoms with van der Waals surface area (Å²) in [6, 6.07) is 4.07. The second kappa shape index (κ2) is 13.1. The highest BCUT2D eigenvalue weighted by Crippen LogP contribution is 2.37. The summed E-state index contributed by atoms with van der Waals surface area (Å²) in [4.78, 5) is 39.0. The molecule has 10 nitrogen and oxygen atoms in total. The van der Waals surface area contributed by atoms with Gasteiger partial charge in [0.05, 0.1) is 35.9 Å². The SMILES string of the molecule is COc1cc(C=O)cc(I)c1O[C@H]1C=C(C(=O)NCCO)C[C@@H](N(Cc2ccoc2)C(=O)C(C)C)[C@@H]1O. The highest BCUT2D eigenvalue weighted by Gasteiger charge is 2.41. The van der Waals surface area contributed by atoms with E-state index in [1.807, 2.05) is 22.6 Å². The number of nitrogens with zero attached hydrogens (tertiary/aromatic N) is 1. The lowest BCUT2D eigenvalue weighted by atomic mass is 9.87. The molecule has 0 radical (unpaired) electrons. The molecule has 3 rings (SSSR count). The van der Waals surface area contributed by atoms with Gasteiger partial charge in [0, 0.05) is 42.1 Å². The molecule has 2 amide bonds. The fraction of sp³-hybridized carbons (Fsp3) is 0.423. The molecular formula is C26H31IN2O8. The molecular weight excluding hydrogens is 595 g/mol. The number of carbonyl (C=O) groups is 3. The maximum Gasteiger partial charge on any atom is 0.247 e. The van der Waals surface area contributed by atoms with Crippen molar-refractivity contribution < 1.29 is 38.5 Å². The van der Waals surface area contributed by atoms with Crippen LogP contribution in [0.15, 0.2) is 46.8 Å². The van der Waals surface area contributed by atoms with Crippen molar-refractivity contribution in [3.63, 3.8) is 0 Å². The molecule has 2 aromatic rings. The van der Waals surface area contributed by atoms with Gasteiger partial charge in [-0.2, -0.15) is 0 Å². The molecule has 1 aliphatic carbocycles. The molecule has 0 aliphatic heterocycles. The lowest BCUT2D eigenvalue weighted by Gasteiger charge is -2.41. The van der Waals surface area contributed by atoms with Gasteiger partial charge in [-0.25, -0.2) is 0 Å². The number of methoxy groups -OCH3 is 1. The van der Waals surface area contributed by atoms with Gasteiger partial charge in [-0.3, -0.25) is 14.4 Å². The normalized spacial score (nSPS) is 19.2. The molecule has 1 heterocycles. The summed E-state index contributed by atoms with van der Waals surface area (Å²) >= 11 is 2.00. The van der Waals surface area contributed by atoms with Gasteiger partial charge >= 0.3 is 0 Å². The summed E-state index contributed by atoms with van der Waals surface area (Å²) < 4.78 is 17.4. The Labute approximate surface area is 228 Å². The quantitative estimate of drug-likeness (QED) is 0.255. The van der Waals surface area contributed by atoms with E-state index in [1.54, 1.807) is 30.9 Å².